The van der Waals surface area contributed by atoms with Crippen molar-refractivity contribution in [1.82, 2.24) is 0 Å². The van der Waals surface area contributed by atoms with Gasteiger partial charge in [0.2, 0.25) is 0 Å². The van der Waals surface area contributed by atoms with Crippen LogP contribution in [0, 0.1) is 0 Å². The average molecular weight is 202 g/mol. The molecule has 0 aromatic rings. The lowest BCUT2D eigenvalue weighted by atomic mass is 10.2. The van der Waals surface area contributed by atoms with Crippen LogP contribution < -0.4 is 0 Å². The van der Waals surface area contributed by atoms with Gasteiger partial charge in [0.05, 0.1) is 12.7 Å². The highest BCUT2D eigenvalue weighted by Crippen LogP contribution is 2.00. The zero-order valence-electron chi connectivity index (χ0n) is 9.54. The van der Waals surface area contributed by atoms with Gasteiger partial charge in [0.1, 0.15) is 0 Å². The first-order valence-corrected chi connectivity index (χ1v) is 5.44. The Balaban J connectivity index is 3.15. The van der Waals surface area contributed by atoms with E-state index in [0.717, 1.165) is 25.9 Å². The van der Waals surface area contributed by atoms with Crippen molar-refractivity contribution in [2.24, 2.45) is 0 Å². The molecule has 0 amide bonds. The number of hydrogen-bond donors (Lipinski definition) is 0. The maximum Gasteiger partial charge on any atom is 0.305 e. The van der Waals surface area contributed by atoms with Crippen molar-refractivity contribution in [3.05, 3.63) is 0 Å². The molecule has 0 aliphatic heterocycles. The van der Waals surface area contributed by atoms with E-state index in [-0.39, 0.29) is 12.1 Å². The van der Waals surface area contributed by atoms with Crippen molar-refractivity contribution in [2.75, 3.05) is 13.2 Å². The number of hydrogen-bond acceptors (Lipinski definition) is 3. The number of esters is 1. The number of rotatable bonds is 8. The normalized spacial score (nSPS) is 10.6. The fourth-order valence-electron chi connectivity index (χ4n) is 0.979. The Kier molecular flexibility index (Phi) is 8.64. The molecule has 0 heterocycles. The number of unbranched alkanes of at least 4 members (excludes halogenated alkanes) is 1. The third-order valence-corrected chi connectivity index (χ3v) is 1.69. The molecular formula is C11H22O3. The van der Waals surface area contributed by atoms with E-state index in [9.17, 15) is 4.79 Å². The van der Waals surface area contributed by atoms with Crippen LogP contribution in [0.1, 0.15) is 46.5 Å². The summed E-state index contributed by atoms with van der Waals surface area (Å²) < 4.78 is 10.3. The Morgan fingerprint density at radius 3 is 2.50 bits per heavy atom. The van der Waals surface area contributed by atoms with Gasteiger partial charge < -0.3 is 9.47 Å². The van der Waals surface area contributed by atoms with E-state index in [1.165, 1.54) is 0 Å². The molecule has 0 spiro atoms. The topological polar surface area (TPSA) is 35.5 Å². The van der Waals surface area contributed by atoms with Gasteiger partial charge in [0.25, 0.3) is 0 Å². The summed E-state index contributed by atoms with van der Waals surface area (Å²) in [5.41, 5.74) is 0. The molecule has 0 aliphatic rings. The van der Waals surface area contributed by atoms with Gasteiger partial charge in [-0.3, -0.25) is 4.79 Å². The molecule has 0 radical (unpaired) electrons. The maximum absolute atomic E-state index is 11.0. The monoisotopic (exact) mass is 202 g/mol. The minimum atomic E-state index is -0.0867. The molecule has 3 nitrogen and oxygen atoms in total. The van der Waals surface area contributed by atoms with E-state index >= 15 is 0 Å². The summed E-state index contributed by atoms with van der Waals surface area (Å²) in [4.78, 5) is 11.0. The van der Waals surface area contributed by atoms with Crippen LogP contribution in [0.15, 0.2) is 0 Å². The Bertz CT molecular complexity index is 143. The van der Waals surface area contributed by atoms with E-state index in [1.807, 2.05) is 20.8 Å². The first-order valence-electron chi connectivity index (χ1n) is 5.44. The van der Waals surface area contributed by atoms with Crippen molar-refractivity contribution < 1.29 is 14.3 Å². The fourth-order valence-corrected chi connectivity index (χ4v) is 0.979. The van der Waals surface area contributed by atoms with E-state index in [2.05, 4.69) is 0 Å². The molecule has 84 valence electrons. The fraction of sp³-hybridized carbons (Fsp3) is 0.909. The Labute approximate surface area is 86.8 Å². The van der Waals surface area contributed by atoms with E-state index in [1.54, 1.807) is 0 Å². The summed E-state index contributed by atoms with van der Waals surface area (Å²) in [6, 6.07) is 0. The molecule has 0 fully saturated rings. The highest BCUT2D eigenvalue weighted by Gasteiger charge is 2.01. The smallest absolute Gasteiger partial charge is 0.305 e. The van der Waals surface area contributed by atoms with Gasteiger partial charge in [-0.05, 0) is 33.1 Å². The maximum atomic E-state index is 11.0. The molecular weight excluding hydrogens is 180 g/mol. The zero-order chi connectivity index (χ0) is 10.8. The molecule has 0 saturated carbocycles. The lowest BCUT2D eigenvalue weighted by Gasteiger charge is -2.06. The van der Waals surface area contributed by atoms with Crippen molar-refractivity contribution in [1.29, 1.82) is 0 Å². The van der Waals surface area contributed by atoms with Crippen LogP contribution in [0.25, 0.3) is 0 Å². The molecule has 0 aliphatic carbocycles. The van der Waals surface area contributed by atoms with Crippen molar-refractivity contribution in [2.45, 2.75) is 52.6 Å². The number of carbonyl (C=O) groups is 1. The summed E-state index contributed by atoms with van der Waals surface area (Å²) in [6.45, 7) is 7.29. The Hall–Kier alpha value is -0.570. The van der Waals surface area contributed by atoms with Gasteiger partial charge in [0, 0.05) is 13.0 Å². The average Bonchev–Trinajstić information content (AvgIpc) is 2.13. The lowest BCUT2D eigenvalue weighted by Crippen LogP contribution is -2.07. The van der Waals surface area contributed by atoms with Gasteiger partial charge in [0.15, 0.2) is 0 Å². The van der Waals surface area contributed by atoms with Crippen molar-refractivity contribution in [3.8, 4) is 0 Å². The summed E-state index contributed by atoms with van der Waals surface area (Å²) >= 11 is 0. The highest BCUT2D eigenvalue weighted by molar-refractivity contribution is 5.69. The van der Waals surface area contributed by atoms with E-state index in [4.69, 9.17) is 9.47 Å². The summed E-state index contributed by atoms with van der Waals surface area (Å²) in [6.07, 6.45) is 3.47. The molecule has 14 heavy (non-hydrogen) atoms. The third-order valence-electron chi connectivity index (χ3n) is 1.69. The van der Waals surface area contributed by atoms with Crippen LogP contribution in [0.5, 0.6) is 0 Å². The second kappa shape index (κ2) is 9.00. The van der Waals surface area contributed by atoms with Crippen LogP contribution in [-0.4, -0.2) is 25.3 Å². The second-order valence-corrected chi connectivity index (χ2v) is 3.60. The van der Waals surface area contributed by atoms with Gasteiger partial charge in [-0.2, -0.15) is 0 Å². The van der Waals surface area contributed by atoms with Crippen LogP contribution >= 0.6 is 0 Å². The predicted octanol–water partition coefficient (Wildman–Crippen LogP) is 2.53. The lowest BCUT2D eigenvalue weighted by molar-refractivity contribution is -0.143. The molecule has 0 saturated heterocycles. The van der Waals surface area contributed by atoms with Gasteiger partial charge in [-0.1, -0.05) is 6.92 Å². The van der Waals surface area contributed by atoms with E-state index in [0.29, 0.717) is 13.0 Å². The molecule has 0 bridgehead atoms. The standard InChI is InChI=1S/C11H22O3/c1-4-8-14-11(12)7-5-6-9-13-10(2)3/h10H,4-9H2,1-3H3. The first-order chi connectivity index (χ1) is 6.66. The first kappa shape index (κ1) is 13.4. The quantitative estimate of drug-likeness (QED) is 0.448. The molecule has 0 aromatic carbocycles. The largest absolute Gasteiger partial charge is 0.466 e. The molecule has 0 rings (SSSR count). The predicted molar refractivity (Wildman–Crippen MR) is 56.2 cm³/mol. The van der Waals surface area contributed by atoms with Crippen LogP contribution in [-0.2, 0) is 14.3 Å². The van der Waals surface area contributed by atoms with Crippen molar-refractivity contribution in [3.63, 3.8) is 0 Å². The number of carbonyl (C=O) groups excluding carboxylic acids is 1. The molecule has 0 unspecified atom stereocenters. The van der Waals surface area contributed by atoms with Crippen molar-refractivity contribution >= 4 is 5.97 Å². The van der Waals surface area contributed by atoms with Gasteiger partial charge in [-0.25, -0.2) is 0 Å². The van der Waals surface area contributed by atoms with E-state index < -0.39 is 0 Å². The van der Waals surface area contributed by atoms with Crippen LogP contribution in [0.2, 0.25) is 0 Å². The third kappa shape index (κ3) is 9.52. The second-order valence-electron chi connectivity index (χ2n) is 3.60. The molecule has 0 atom stereocenters. The summed E-state index contributed by atoms with van der Waals surface area (Å²) in [5, 5.41) is 0. The Morgan fingerprint density at radius 1 is 1.21 bits per heavy atom. The summed E-state index contributed by atoms with van der Waals surface area (Å²) in [5.74, 6) is -0.0867. The SMILES string of the molecule is CCCOC(=O)CCCCOC(C)C. The minimum Gasteiger partial charge on any atom is -0.466 e. The highest BCUT2D eigenvalue weighted by atomic mass is 16.5. The van der Waals surface area contributed by atoms with Gasteiger partial charge in [-0.15, -0.1) is 0 Å². The Morgan fingerprint density at radius 2 is 1.93 bits per heavy atom. The summed E-state index contributed by atoms with van der Waals surface area (Å²) in [7, 11) is 0. The molecule has 3 heteroatoms. The molecule has 0 N–H and O–H groups in total. The zero-order valence-corrected chi connectivity index (χ0v) is 9.54. The van der Waals surface area contributed by atoms with Crippen LogP contribution in [0.3, 0.4) is 0 Å². The van der Waals surface area contributed by atoms with Crippen LogP contribution in [0.4, 0.5) is 0 Å². The molecule has 0 aromatic heterocycles. The number of ether oxygens (including phenoxy) is 2. The van der Waals surface area contributed by atoms with Gasteiger partial charge >= 0.3 is 5.97 Å². The minimum absolute atomic E-state index is 0.0867.